The molecule has 5 nitrogen and oxygen atoms in total. The quantitative estimate of drug-likeness (QED) is 0.817. The smallest absolute Gasteiger partial charge is 0.307 e. The van der Waals surface area contributed by atoms with E-state index in [0.717, 1.165) is 11.3 Å². The molecule has 0 radical (unpaired) electrons. The van der Waals surface area contributed by atoms with E-state index in [4.69, 9.17) is 10.5 Å². The summed E-state index contributed by atoms with van der Waals surface area (Å²) in [5.74, 6) is -0.435. The first-order chi connectivity index (χ1) is 9.13. The fourth-order valence-corrected chi connectivity index (χ4v) is 2.26. The Hall–Kier alpha value is -1.88. The molecular formula is C14H18N2O3. The number of hydrogen-bond acceptors (Lipinski definition) is 4. The molecule has 1 unspecified atom stereocenters. The highest BCUT2D eigenvalue weighted by molar-refractivity contribution is 6.00. The highest BCUT2D eigenvalue weighted by Gasteiger charge is 2.30. The number of ether oxygens (including phenoxy) is 1. The van der Waals surface area contributed by atoms with E-state index in [0.29, 0.717) is 19.6 Å². The molecule has 0 spiro atoms. The molecule has 102 valence electrons. The van der Waals surface area contributed by atoms with Gasteiger partial charge in [0.2, 0.25) is 5.91 Å². The van der Waals surface area contributed by atoms with Crippen molar-refractivity contribution in [1.82, 2.24) is 0 Å². The van der Waals surface area contributed by atoms with Crippen LogP contribution < -0.4 is 10.6 Å². The molecule has 0 bridgehead atoms. The summed E-state index contributed by atoms with van der Waals surface area (Å²) in [6, 6.07) is 7.10. The molecule has 2 rings (SSSR count). The molecule has 1 aliphatic heterocycles. The minimum Gasteiger partial charge on any atom is -0.466 e. The first kappa shape index (κ1) is 13.5. The van der Waals surface area contributed by atoms with E-state index in [2.05, 4.69) is 0 Å². The maximum absolute atomic E-state index is 12.1. The van der Waals surface area contributed by atoms with Crippen LogP contribution in [-0.2, 0) is 20.7 Å². The minimum atomic E-state index is -0.530. The fourth-order valence-electron chi connectivity index (χ4n) is 2.26. The topological polar surface area (TPSA) is 72.6 Å². The number of benzene rings is 1. The van der Waals surface area contributed by atoms with Crippen LogP contribution in [0.25, 0.3) is 0 Å². The second-order valence-corrected chi connectivity index (χ2v) is 4.48. The second kappa shape index (κ2) is 5.84. The van der Waals surface area contributed by atoms with Crippen molar-refractivity contribution in [2.24, 2.45) is 5.73 Å². The summed E-state index contributed by atoms with van der Waals surface area (Å²) in [7, 11) is 0. The number of nitrogens with zero attached hydrogens (tertiary/aromatic N) is 1. The number of nitrogens with two attached hydrogens (primary N) is 1. The lowest BCUT2D eigenvalue weighted by Crippen LogP contribution is -2.49. The number of hydrogen-bond donors (Lipinski definition) is 1. The van der Waals surface area contributed by atoms with E-state index in [1.165, 1.54) is 0 Å². The summed E-state index contributed by atoms with van der Waals surface area (Å²) in [6.07, 6.45) is 0.728. The number of carbonyl (C=O) groups is 2. The van der Waals surface area contributed by atoms with Gasteiger partial charge in [-0.1, -0.05) is 18.2 Å². The fraction of sp³-hybridized carbons (Fsp3) is 0.429. The van der Waals surface area contributed by atoms with Gasteiger partial charge in [0, 0.05) is 12.2 Å². The predicted octanol–water partition coefficient (Wildman–Crippen LogP) is 0.856. The molecular weight excluding hydrogens is 244 g/mol. The second-order valence-electron chi connectivity index (χ2n) is 4.48. The van der Waals surface area contributed by atoms with Gasteiger partial charge in [-0.05, 0) is 25.0 Å². The Morgan fingerprint density at radius 3 is 2.95 bits per heavy atom. The van der Waals surface area contributed by atoms with Crippen LogP contribution in [0.5, 0.6) is 0 Å². The number of amides is 1. The van der Waals surface area contributed by atoms with E-state index >= 15 is 0 Å². The standard InChI is InChI=1S/C14H18N2O3/c1-2-19-13(17)7-8-16-12-6-4-3-5-10(12)9-11(15)14(16)18/h3-6,11H,2,7-9,15H2,1H3. The zero-order valence-corrected chi connectivity index (χ0v) is 11.0. The summed E-state index contributed by atoms with van der Waals surface area (Å²) in [5.41, 5.74) is 7.73. The third-order valence-electron chi connectivity index (χ3n) is 3.15. The Balaban J connectivity index is 2.14. The lowest BCUT2D eigenvalue weighted by Gasteiger charge is -2.32. The van der Waals surface area contributed by atoms with Crippen LogP contribution in [0.3, 0.4) is 0 Å². The normalized spacial score (nSPS) is 18.1. The monoisotopic (exact) mass is 262 g/mol. The number of para-hydroxylation sites is 1. The molecule has 0 aliphatic carbocycles. The van der Waals surface area contributed by atoms with Crippen LogP contribution in [0.1, 0.15) is 18.9 Å². The van der Waals surface area contributed by atoms with Gasteiger partial charge in [-0.2, -0.15) is 0 Å². The summed E-state index contributed by atoms with van der Waals surface area (Å²) in [6.45, 7) is 2.42. The van der Waals surface area contributed by atoms with Gasteiger partial charge in [-0.3, -0.25) is 9.59 Å². The number of anilines is 1. The van der Waals surface area contributed by atoms with Gasteiger partial charge in [-0.25, -0.2) is 0 Å². The van der Waals surface area contributed by atoms with Crippen LogP contribution in [0, 0.1) is 0 Å². The van der Waals surface area contributed by atoms with Crippen molar-refractivity contribution in [3.63, 3.8) is 0 Å². The van der Waals surface area contributed by atoms with Crippen LogP contribution in [0.2, 0.25) is 0 Å². The van der Waals surface area contributed by atoms with Crippen LogP contribution in [0.15, 0.2) is 24.3 Å². The molecule has 2 N–H and O–H groups in total. The zero-order valence-electron chi connectivity index (χ0n) is 11.0. The first-order valence-corrected chi connectivity index (χ1v) is 6.44. The van der Waals surface area contributed by atoms with Gasteiger partial charge < -0.3 is 15.4 Å². The molecule has 0 saturated heterocycles. The highest BCUT2D eigenvalue weighted by Crippen LogP contribution is 2.27. The molecule has 0 aromatic heterocycles. The van der Waals surface area contributed by atoms with Crippen molar-refractivity contribution in [1.29, 1.82) is 0 Å². The Morgan fingerprint density at radius 2 is 2.21 bits per heavy atom. The van der Waals surface area contributed by atoms with Crippen molar-refractivity contribution in [2.45, 2.75) is 25.8 Å². The maximum Gasteiger partial charge on any atom is 0.307 e. The van der Waals surface area contributed by atoms with Gasteiger partial charge in [0.15, 0.2) is 0 Å². The molecule has 1 aromatic rings. The Kier molecular flexibility index (Phi) is 4.16. The van der Waals surface area contributed by atoms with Crippen molar-refractivity contribution in [3.05, 3.63) is 29.8 Å². The maximum atomic E-state index is 12.1. The number of esters is 1. The summed E-state index contributed by atoms with van der Waals surface area (Å²) in [4.78, 5) is 25.1. The van der Waals surface area contributed by atoms with E-state index in [1.54, 1.807) is 11.8 Å². The average Bonchev–Trinajstić information content (AvgIpc) is 2.39. The van der Waals surface area contributed by atoms with E-state index in [-0.39, 0.29) is 18.3 Å². The molecule has 1 atom stereocenters. The lowest BCUT2D eigenvalue weighted by atomic mass is 9.97. The van der Waals surface area contributed by atoms with Crippen LogP contribution in [0.4, 0.5) is 5.69 Å². The van der Waals surface area contributed by atoms with Gasteiger partial charge in [-0.15, -0.1) is 0 Å². The number of rotatable bonds is 4. The SMILES string of the molecule is CCOC(=O)CCN1C(=O)C(N)Cc2ccccc21. The van der Waals surface area contributed by atoms with E-state index in [9.17, 15) is 9.59 Å². The first-order valence-electron chi connectivity index (χ1n) is 6.44. The minimum absolute atomic E-state index is 0.136. The summed E-state index contributed by atoms with van der Waals surface area (Å²) < 4.78 is 4.87. The summed E-state index contributed by atoms with van der Waals surface area (Å²) >= 11 is 0. The largest absolute Gasteiger partial charge is 0.466 e. The van der Waals surface area contributed by atoms with Crippen LogP contribution in [-0.4, -0.2) is 31.1 Å². The van der Waals surface area contributed by atoms with Gasteiger partial charge >= 0.3 is 5.97 Å². The van der Waals surface area contributed by atoms with E-state index < -0.39 is 6.04 Å². The molecule has 1 aliphatic rings. The zero-order chi connectivity index (χ0) is 13.8. The molecule has 5 heteroatoms. The molecule has 0 fully saturated rings. The van der Waals surface area contributed by atoms with Crippen molar-refractivity contribution < 1.29 is 14.3 Å². The van der Waals surface area contributed by atoms with Crippen molar-refractivity contribution in [3.8, 4) is 0 Å². The molecule has 1 amide bonds. The predicted molar refractivity (Wildman–Crippen MR) is 71.7 cm³/mol. The number of carbonyl (C=O) groups excluding carboxylic acids is 2. The average molecular weight is 262 g/mol. The molecule has 1 heterocycles. The number of fused-ring (bicyclic) bond motifs is 1. The van der Waals surface area contributed by atoms with Crippen LogP contribution >= 0.6 is 0 Å². The van der Waals surface area contributed by atoms with Gasteiger partial charge in [0.25, 0.3) is 0 Å². The highest BCUT2D eigenvalue weighted by atomic mass is 16.5. The van der Waals surface area contributed by atoms with Gasteiger partial charge in [0.05, 0.1) is 19.1 Å². The third kappa shape index (κ3) is 2.93. The Bertz CT molecular complexity index is 487. The van der Waals surface area contributed by atoms with Gasteiger partial charge in [0.1, 0.15) is 0 Å². The Morgan fingerprint density at radius 1 is 1.47 bits per heavy atom. The van der Waals surface area contributed by atoms with Crippen molar-refractivity contribution in [2.75, 3.05) is 18.1 Å². The van der Waals surface area contributed by atoms with Crippen molar-refractivity contribution >= 4 is 17.6 Å². The third-order valence-corrected chi connectivity index (χ3v) is 3.15. The lowest BCUT2D eigenvalue weighted by molar-refractivity contribution is -0.142. The molecule has 19 heavy (non-hydrogen) atoms. The molecule has 0 saturated carbocycles. The van der Waals surface area contributed by atoms with E-state index in [1.807, 2.05) is 24.3 Å². The summed E-state index contributed by atoms with van der Waals surface area (Å²) in [5, 5.41) is 0. The Labute approximate surface area is 112 Å². The molecule has 1 aromatic carbocycles.